The summed E-state index contributed by atoms with van der Waals surface area (Å²) in [5, 5.41) is 13.8. The molecule has 0 aliphatic heterocycles. The van der Waals surface area contributed by atoms with Crippen LogP contribution in [0, 0.1) is 0 Å². The van der Waals surface area contributed by atoms with Gasteiger partial charge in [0.2, 0.25) is 0 Å². The van der Waals surface area contributed by atoms with Gasteiger partial charge in [-0.05, 0) is 30.7 Å². The summed E-state index contributed by atoms with van der Waals surface area (Å²) in [6.07, 6.45) is 7.85. The number of aliphatic hydroxyl groups excluding tert-OH is 1. The van der Waals surface area contributed by atoms with E-state index in [1.807, 2.05) is 31.2 Å². The number of nitrogens with zero attached hydrogens (tertiary/aromatic N) is 3. The largest absolute Gasteiger partial charge is 0.394 e. The minimum absolute atomic E-state index is 0.0176. The smallest absolute Gasteiger partial charge is 0.0913 e. The minimum Gasteiger partial charge on any atom is -0.394 e. The van der Waals surface area contributed by atoms with E-state index in [0.29, 0.717) is 0 Å². The normalized spacial score (nSPS) is 12.3. The Balaban J connectivity index is 2.12. The fourth-order valence-corrected chi connectivity index (χ4v) is 2.37. The zero-order valence-corrected chi connectivity index (χ0v) is 12.4. The first-order valence-electron chi connectivity index (χ1n) is 7.34. The summed E-state index contributed by atoms with van der Waals surface area (Å²) in [5.41, 5.74) is 3.64. The molecule has 0 bridgehead atoms. The van der Waals surface area contributed by atoms with Gasteiger partial charge in [0.1, 0.15) is 0 Å². The van der Waals surface area contributed by atoms with E-state index in [0.717, 1.165) is 34.3 Å². The van der Waals surface area contributed by atoms with Crippen molar-refractivity contribution in [3.8, 4) is 11.3 Å². The van der Waals surface area contributed by atoms with Gasteiger partial charge < -0.3 is 10.4 Å². The maximum Gasteiger partial charge on any atom is 0.0913 e. The van der Waals surface area contributed by atoms with Gasteiger partial charge in [0.25, 0.3) is 0 Å². The molecule has 0 aliphatic carbocycles. The van der Waals surface area contributed by atoms with Crippen molar-refractivity contribution in [1.82, 2.24) is 15.0 Å². The first-order chi connectivity index (χ1) is 10.8. The van der Waals surface area contributed by atoms with Crippen LogP contribution in [0.4, 0.5) is 5.69 Å². The van der Waals surface area contributed by atoms with Crippen LogP contribution in [0.1, 0.15) is 13.3 Å². The van der Waals surface area contributed by atoms with E-state index in [-0.39, 0.29) is 12.6 Å². The molecular weight excluding hydrogens is 276 g/mol. The second-order valence-corrected chi connectivity index (χ2v) is 5.12. The van der Waals surface area contributed by atoms with Gasteiger partial charge in [-0.2, -0.15) is 0 Å². The molecule has 5 heteroatoms. The summed E-state index contributed by atoms with van der Waals surface area (Å²) in [7, 11) is 0. The molecule has 0 radical (unpaired) electrons. The second kappa shape index (κ2) is 6.49. The Morgan fingerprint density at radius 1 is 1.14 bits per heavy atom. The maximum atomic E-state index is 9.45. The minimum atomic E-state index is 0.0176. The van der Waals surface area contributed by atoms with E-state index in [9.17, 15) is 5.11 Å². The fraction of sp³-hybridized carbons (Fsp3) is 0.235. The molecule has 112 valence electrons. The molecule has 22 heavy (non-hydrogen) atoms. The summed E-state index contributed by atoms with van der Waals surface area (Å²) in [6, 6.07) is 7.82. The Bertz CT molecular complexity index is 757. The van der Waals surface area contributed by atoms with Crippen LogP contribution < -0.4 is 5.32 Å². The highest BCUT2D eigenvalue weighted by atomic mass is 16.3. The highest BCUT2D eigenvalue weighted by Gasteiger charge is 2.11. The molecule has 3 aromatic heterocycles. The zero-order valence-electron chi connectivity index (χ0n) is 12.4. The zero-order chi connectivity index (χ0) is 15.4. The number of aliphatic hydroxyl groups is 1. The van der Waals surface area contributed by atoms with Crippen LogP contribution in [-0.4, -0.2) is 32.7 Å². The molecule has 0 saturated heterocycles. The quantitative estimate of drug-likeness (QED) is 0.757. The van der Waals surface area contributed by atoms with Crippen LogP contribution >= 0.6 is 0 Å². The van der Waals surface area contributed by atoms with Gasteiger partial charge in [-0.3, -0.25) is 9.97 Å². The summed E-state index contributed by atoms with van der Waals surface area (Å²) in [5.74, 6) is 0. The molecule has 1 atom stereocenters. The lowest BCUT2D eigenvalue weighted by Gasteiger charge is -2.18. The van der Waals surface area contributed by atoms with Crippen LogP contribution in [0.2, 0.25) is 0 Å². The van der Waals surface area contributed by atoms with Crippen molar-refractivity contribution in [3.05, 3.63) is 49.1 Å². The predicted octanol–water partition coefficient (Wildman–Crippen LogP) is 2.87. The van der Waals surface area contributed by atoms with Gasteiger partial charge in [0, 0.05) is 41.3 Å². The standard InChI is InChI=1S/C17H18N4O/c1-2-13(11-22)20-16-9-15(12-3-6-18-7-4-12)21-17-10-19-8-5-14(16)17/h3-10,13,22H,2,11H2,1H3,(H,20,21). The lowest BCUT2D eigenvalue weighted by molar-refractivity contribution is 0.272. The molecule has 0 amide bonds. The third-order valence-corrected chi connectivity index (χ3v) is 3.66. The lowest BCUT2D eigenvalue weighted by Crippen LogP contribution is -2.22. The number of hydrogen-bond acceptors (Lipinski definition) is 5. The monoisotopic (exact) mass is 294 g/mol. The molecule has 2 N–H and O–H groups in total. The van der Waals surface area contributed by atoms with Crippen LogP contribution in [0.5, 0.6) is 0 Å². The van der Waals surface area contributed by atoms with Crippen molar-refractivity contribution in [3.63, 3.8) is 0 Å². The average Bonchev–Trinajstić information content (AvgIpc) is 2.60. The Kier molecular flexibility index (Phi) is 4.25. The summed E-state index contributed by atoms with van der Waals surface area (Å²) in [6.45, 7) is 2.14. The number of hydrogen-bond donors (Lipinski definition) is 2. The molecule has 3 rings (SSSR count). The topological polar surface area (TPSA) is 70.9 Å². The molecule has 1 unspecified atom stereocenters. The molecule has 0 saturated carbocycles. The SMILES string of the molecule is CCC(CO)Nc1cc(-c2ccncc2)nc2cnccc12. The molecule has 0 fully saturated rings. The number of fused-ring (bicyclic) bond motifs is 1. The molecule has 0 aromatic carbocycles. The maximum absolute atomic E-state index is 9.45. The van der Waals surface area contributed by atoms with Crippen LogP contribution in [0.15, 0.2) is 49.1 Å². The summed E-state index contributed by atoms with van der Waals surface area (Å²) < 4.78 is 0. The second-order valence-electron chi connectivity index (χ2n) is 5.12. The van der Waals surface area contributed by atoms with Crippen molar-refractivity contribution >= 4 is 16.6 Å². The molecular formula is C17H18N4O. The Morgan fingerprint density at radius 3 is 2.64 bits per heavy atom. The number of nitrogens with one attached hydrogen (secondary N) is 1. The summed E-state index contributed by atoms with van der Waals surface area (Å²) in [4.78, 5) is 12.9. The van der Waals surface area contributed by atoms with Crippen molar-refractivity contribution in [2.45, 2.75) is 19.4 Å². The molecule has 5 nitrogen and oxygen atoms in total. The van der Waals surface area contributed by atoms with E-state index in [2.05, 4.69) is 20.3 Å². The van der Waals surface area contributed by atoms with Gasteiger partial charge in [-0.15, -0.1) is 0 Å². The number of anilines is 1. The third kappa shape index (κ3) is 2.89. The fourth-order valence-electron chi connectivity index (χ4n) is 2.37. The van der Waals surface area contributed by atoms with Gasteiger partial charge in [-0.1, -0.05) is 6.92 Å². The van der Waals surface area contributed by atoms with E-state index in [1.54, 1.807) is 24.8 Å². The number of rotatable bonds is 5. The van der Waals surface area contributed by atoms with Gasteiger partial charge in [0.15, 0.2) is 0 Å². The van der Waals surface area contributed by atoms with Crippen molar-refractivity contribution in [2.75, 3.05) is 11.9 Å². The first-order valence-corrected chi connectivity index (χ1v) is 7.34. The van der Waals surface area contributed by atoms with Crippen LogP contribution in [0.3, 0.4) is 0 Å². The molecule has 0 spiro atoms. The van der Waals surface area contributed by atoms with Gasteiger partial charge in [-0.25, -0.2) is 4.98 Å². The van der Waals surface area contributed by atoms with E-state index in [1.165, 1.54) is 0 Å². The first kappa shape index (κ1) is 14.4. The summed E-state index contributed by atoms with van der Waals surface area (Å²) >= 11 is 0. The van der Waals surface area contributed by atoms with Crippen molar-refractivity contribution in [2.24, 2.45) is 0 Å². The van der Waals surface area contributed by atoms with E-state index >= 15 is 0 Å². The van der Waals surface area contributed by atoms with E-state index < -0.39 is 0 Å². The predicted molar refractivity (Wildman–Crippen MR) is 87.6 cm³/mol. The average molecular weight is 294 g/mol. The molecule has 3 aromatic rings. The number of pyridine rings is 3. The Hall–Kier alpha value is -2.53. The highest BCUT2D eigenvalue weighted by molar-refractivity contribution is 5.93. The highest BCUT2D eigenvalue weighted by Crippen LogP contribution is 2.28. The van der Waals surface area contributed by atoms with Crippen LogP contribution in [-0.2, 0) is 0 Å². The Morgan fingerprint density at radius 2 is 1.91 bits per heavy atom. The lowest BCUT2D eigenvalue weighted by atomic mass is 10.1. The molecule has 3 heterocycles. The van der Waals surface area contributed by atoms with Crippen LogP contribution in [0.25, 0.3) is 22.2 Å². The third-order valence-electron chi connectivity index (χ3n) is 3.66. The van der Waals surface area contributed by atoms with Gasteiger partial charge >= 0.3 is 0 Å². The number of aromatic nitrogens is 3. The van der Waals surface area contributed by atoms with E-state index in [4.69, 9.17) is 0 Å². The molecule has 0 aliphatic rings. The Labute approximate surface area is 129 Å². The van der Waals surface area contributed by atoms with Crippen molar-refractivity contribution in [1.29, 1.82) is 0 Å². The van der Waals surface area contributed by atoms with Gasteiger partial charge in [0.05, 0.1) is 24.0 Å². The van der Waals surface area contributed by atoms with Crippen molar-refractivity contribution < 1.29 is 5.11 Å².